The summed E-state index contributed by atoms with van der Waals surface area (Å²) in [5.74, 6) is 3.57. The second kappa shape index (κ2) is 6.80. The summed E-state index contributed by atoms with van der Waals surface area (Å²) < 4.78 is 7.40. The van der Waals surface area contributed by atoms with Crippen LogP contribution >= 0.6 is 0 Å². The molecule has 2 aromatic heterocycles. The van der Waals surface area contributed by atoms with Crippen molar-refractivity contribution in [1.29, 1.82) is 0 Å². The number of aromatic nitrogens is 3. The minimum absolute atomic E-state index is 0.709. The Labute approximate surface area is 166 Å². The van der Waals surface area contributed by atoms with Crippen molar-refractivity contribution in [2.24, 2.45) is 11.8 Å². The van der Waals surface area contributed by atoms with Crippen LogP contribution in [0.3, 0.4) is 0 Å². The zero-order valence-corrected chi connectivity index (χ0v) is 17.0. The Morgan fingerprint density at radius 1 is 1.04 bits per heavy atom. The Hall–Kier alpha value is -2.56. The molecule has 5 nitrogen and oxygen atoms in total. The van der Waals surface area contributed by atoms with Crippen molar-refractivity contribution in [3.63, 3.8) is 0 Å². The zero-order valence-electron chi connectivity index (χ0n) is 17.0. The van der Waals surface area contributed by atoms with E-state index in [0.29, 0.717) is 11.8 Å². The van der Waals surface area contributed by atoms with E-state index < -0.39 is 0 Å². The molecular weight excluding hydrogens is 348 g/mol. The van der Waals surface area contributed by atoms with Crippen LogP contribution in [-0.4, -0.2) is 34.8 Å². The minimum Gasteiger partial charge on any atom is -0.497 e. The molecule has 3 heterocycles. The van der Waals surface area contributed by atoms with Gasteiger partial charge in [-0.25, -0.2) is 4.98 Å². The van der Waals surface area contributed by atoms with Crippen molar-refractivity contribution in [2.75, 3.05) is 25.1 Å². The number of benzene rings is 1. The number of rotatable bonds is 3. The van der Waals surface area contributed by atoms with Gasteiger partial charge in [-0.15, -0.1) is 0 Å². The molecule has 0 amide bonds. The van der Waals surface area contributed by atoms with Gasteiger partial charge in [0.2, 0.25) is 0 Å². The van der Waals surface area contributed by atoms with Crippen LogP contribution < -0.4 is 9.64 Å². The number of fused-ring (bicyclic) bond motifs is 2. The van der Waals surface area contributed by atoms with Crippen LogP contribution in [0.15, 0.2) is 30.3 Å². The van der Waals surface area contributed by atoms with Gasteiger partial charge in [-0.2, -0.15) is 9.61 Å². The number of hydrogen-bond acceptors (Lipinski definition) is 4. The molecule has 0 N–H and O–H groups in total. The average molecular weight is 377 g/mol. The Kier molecular flexibility index (Phi) is 4.26. The number of ether oxygens (including phenoxy) is 1. The third-order valence-corrected chi connectivity index (χ3v) is 6.15. The van der Waals surface area contributed by atoms with Gasteiger partial charge in [0.1, 0.15) is 11.6 Å². The van der Waals surface area contributed by atoms with E-state index in [2.05, 4.69) is 41.5 Å². The predicted octanol–water partition coefficient (Wildman–Crippen LogP) is 4.38. The second-order valence-electron chi connectivity index (χ2n) is 8.59. The van der Waals surface area contributed by atoms with Gasteiger partial charge in [-0.1, -0.05) is 13.8 Å². The van der Waals surface area contributed by atoms with Crippen LogP contribution in [0.2, 0.25) is 0 Å². The molecule has 5 heteroatoms. The fourth-order valence-corrected chi connectivity index (χ4v) is 5.03. The van der Waals surface area contributed by atoms with Gasteiger partial charge in [0.05, 0.1) is 12.8 Å². The number of methoxy groups -OCH3 is 1. The van der Waals surface area contributed by atoms with E-state index in [0.717, 1.165) is 48.6 Å². The largest absolute Gasteiger partial charge is 0.497 e. The standard InChI is InChI=1S/C23H28N4O/c1-15-11-16(2)14-26(13-15)23-19-5-4-6-20(19)24-22-12-21(25-27(22)23)17-7-9-18(28-3)10-8-17/h7-10,12,15-16H,4-6,11,13-14H2,1-3H3/t15-,16-/m1/s1. The molecule has 2 aliphatic rings. The number of aryl methyl sites for hydroxylation is 1. The molecule has 0 radical (unpaired) electrons. The predicted molar refractivity (Wildman–Crippen MR) is 112 cm³/mol. The maximum Gasteiger partial charge on any atom is 0.158 e. The van der Waals surface area contributed by atoms with Crippen LogP contribution in [0, 0.1) is 11.8 Å². The Bertz CT molecular complexity index is 998. The van der Waals surface area contributed by atoms with Crippen molar-refractivity contribution in [3.8, 4) is 17.0 Å². The molecule has 2 atom stereocenters. The molecule has 1 fully saturated rings. The lowest BCUT2D eigenvalue weighted by Crippen LogP contribution is -2.40. The first kappa shape index (κ1) is 17.5. The van der Waals surface area contributed by atoms with Crippen LogP contribution in [-0.2, 0) is 12.8 Å². The second-order valence-corrected chi connectivity index (χ2v) is 8.59. The van der Waals surface area contributed by atoms with Crippen LogP contribution in [0.4, 0.5) is 5.82 Å². The summed E-state index contributed by atoms with van der Waals surface area (Å²) in [4.78, 5) is 7.55. The lowest BCUT2D eigenvalue weighted by molar-refractivity contribution is 0.353. The number of anilines is 1. The molecule has 0 saturated carbocycles. The first-order valence-corrected chi connectivity index (χ1v) is 10.4. The van der Waals surface area contributed by atoms with E-state index in [1.54, 1.807) is 7.11 Å². The number of nitrogens with zero attached hydrogens (tertiary/aromatic N) is 4. The highest BCUT2D eigenvalue weighted by molar-refractivity contribution is 5.68. The number of hydrogen-bond donors (Lipinski definition) is 0. The molecule has 1 aromatic carbocycles. The lowest BCUT2D eigenvalue weighted by Gasteiger charge is -2.37. The summed E-state index contributed by atoms with van der Waals surface area (Å²) in [5.41, 5.74) is 5.72. The Balaban J connectivity index is 1.64. The van der Waals surface area contributed by atoms with Crippen molar-refractivity contribution in [3.05, 3.63) is 41.6 Å². The molecule has 146 valence electrons. The van der Waals surface area contributed by atoms with Crippen molar-refractivity contribution in [1.82, 2.24) is 14.6 Å². The summed E-state index contributed by atoms with van der Waals surface area (Å²) in [5, 5.41) is 5.01. The van der Waals surface area contributed by atoms with Gasteiger partial charge in [0.25, 0.3) is 0 Å². The molecule has 1 aliphatic heterocycles. The quantitative estimate of drug-likeness (QED) is 0.680. The van der Waals surface area contributed by atoms with Gasteiger partial charge in [-0.05, 0) is 61.8 Å². The molecule has 1 saturated heterocycles. The Morgan fingerprint density at radius 2 is 1.79 bits per heavy atom. The van der Waals surface area contributed by atoms with Crippen LogP contribution in [0.25, 0.3) is 16.9 Å². The van der Waals surface area contributed by atoms with Crippen LogP contribution in [0.5, 0.6) is 5.75 Å². The molecule has 1 aliphatic carbocycles. The molecule has 0 bridgehead atoms. The van der Waals surface area contributed by atoms with E-state index >= 15 is 0 Å². The van der Waals surface area contributed by atoms with Gasteiger partial charge in [-0.3, -0.25) is 0 Å². The summed E-state index contributed by atoms with van der Waals surface area (Å²) in [7, 11) is 1.69. The minimum atomic E-state index is 0.709. The van der Waals surface area contributed by atoms with E-state index in [1.165, 1.54) is 29.9 Å². The first-order chi connectivity index (χ1) is 13.6. The van der Waals surface area contributed by atoms with Crippen molar-refractivity contribution in [2.45, 2.75) is 39.5 Å². The highest BCUT2D eigenvalue weighted by Gasteiger charge is 2.29. The topological polar surface area (TPSA) is 42.7 Å². The first-order valence-electron chi connectivity index (χ1n) is 10.4. The van der Waals surface area contributed by atoms with E-state index in [1.807, 2.05) is 12.1 Å². The van der Waals surface area contributed by atoms with E-state index in [9.17, 15) is 0 Å². The summed E-state index contributed by atoms with van der Waals surface area (Å²) in [6.45, 7) is 6.95. The highest BCUT2D eigenvalue weighted by Crippen LogP contribution is 2.35. The monoisotopic (exact) mass is 376 g/mol. The smallest absolute Gasteiger partial charge is 0.158 e. The molecule has 28 heavy (non-hydrogen) atoms. The molecule has 3 aromatic rings. The summed E-state index contributed by atoms with van der Waals surface area (Å²) >= 11 is 0. The fourth-order valence-electron chi connectivity index (χ4n) is 5.03. The molecule has 5 rings (SSSR count). The SMILES string of the molecule is COc1ccc(-c2cc3nc4c(c(N5C[C@H](C)C[C@@H](C)C5)n3n2)CCC4)cc1. The van der Waals surface area contributed by atoms with Crippen LogP contribution in [0.1, 0.15) is 37.9 Å². The normalized spacial score (nSPS) is 21.9. The average Bonchev–Trinajstić information content (AvgIpc) is 3.31. The maximum atomic E-state index is 5.29. The van der Waals surface area contributed by atoms with E-state index in [4.69, 9.17) is 14.8 Å². The summed E-state index contributed by atoms with van der Waals surface area (Å²) in [6.07, 6.45) is 4.71. The van der Waals surface area contributed by atoms with Gasteiger partial charge in [0, 0.05) is 36.0 Å². The third-order valence-electron chi connectivity index (χ3n) is 6.15. The van der Waals surface area contributed by atoms with Crippen molar-refractivity contribution >= 4 is 11.5 Å². The molecule has 0 spiro atoms. The zero-order chi connectivity index (χ0) is 19.3. The fraction of sp³-hybridized carbons (Fsp3) is 0.478. The Morgan fingerprint density at radius 3 is 2.50 bits per heavy atom. The van der Waals surface area contributed by atoms with Gasteiger partial charge in [0.15, 0.2) is 5.65 Å². The summed E-state index contributed by atoms with van der Waals surface area (Å²) in [6, 6.07) is 10.2. The molecular formula is C23H28N4O. The third kappa shape index (κ3) is 2.93. The van der Waals surface area contributed by atoms with Gasteiger partial charge < -0.3 is 9.64 Å². The molecule has 0 unspecified atom stereocenters. The maximum absolute atomic E-state index is 5.29. The van der Waals surface area contributed by atoms with Gasteiger partial charge >= 0.3 is 0 Å². The lowest BCUT2D eigenvalue weighted by atomic mass is 9.91. The van der Waals surface area contributed by atoms with E-state index in [-0.39, 0.29) is 0 Å². The highest BCUT2D eigenvalue weighted by atomic mass is 16.5. The number of piperidine rings is 1. The van der Waals surface area contributed by atoms with Crippen molar-refractivity contribution < 1.29 is 4.74 Å².